The van der Waals surface area contributed by atoms with Crippen LogP contribution in [-0.4, -0.2) is 31.6 Å². The molecule has 1 aromatic heterocycles. The highest BCUT2D eigenvalue weighted by Gasteiger charge is 2.17. The van der Waals surface area contributed by atoms with Crippen LogP contribution in [0.1, 0.15) is 35.5 Å². The first kappa shape index (κ1) is 19.6. The third-order valence-corrected chi connectivity index (χ3v) is 5.08. The van der Waals surface area contributed by atoms with Gasteiger partial charge in [-0.25, -0.2) is 0 Å². The van der Waals surface area contributed by atoms with Gasteiger partial charge in [0, 0.05) is 25.7 Å². The molecule has 1 amide bonds. The van der Waals surface area contributed by atoms with Crippen LogP contribution < -0.4 is 16.0 Å². The first-order valence-corrected chi connectivity index (χ1v) is 9.88. The molecule has 2 unspecified atom stereocenters. The van der Waals surface area contributed by atoms with Crippen molar-refractivity contribution in [3.63, 3.8) is 0 Å². The number of benzene rings is 1. The lowest BCUT2D eigenvalue weighted by molar-refractivity contribution is 0.0949. The average Bonchev–Trinajstić information content (AvgIpc) is 3.18. The first-order valence-electron chi connectivity index (χ1n) is 9.00. The van der Waals surface area contributed by atoms with E-state index in [9.17, 15) is 4.79 Å². The minimum absolute atomic E-state index is 0.0216. The number of carbonyl (C=O) groups excluding carboxylic acids is 1. The standard InChI is InChI=1S/C20H29N3OS/c1-3-11-22-18(15-21-14-17-8-5-4-6-9-17)16(2)13-23-20(24)19-10-7-12-25-19/h4-10,12,16,18,21-22H,3,11,13-15H2,1-2H3,(H,23,24). The van der Waals surface area contributed by atoms with Gasteiger partial charge in [-0.15, -0.1) is 11.3 Å². The van der Waals surface area contributed by atoms with Gasteiger partial charge in [-0.2, -0.15) is 0 Å². The van der Waals surface area contributed by atoms with Gasteiger partial charge < -0.3 is 16.0 Å². The molecule has 1 heterocycles. The Morgan fingerprint density at radius 1 is 1.12 bits per heavy atom. The Labute approximate surface area is 155 Å². The highest BCUT2D eigenvalue weighted by molar-refractivity contribution is 7.12. The maximum atomic E-state index is 12.1. The van der Waals surface area contributed by atoms with Crippen molar-refractivity contribution in [3.05, 3.63) is 58.3 Å². The third-order valence-electron chi connectivity index (χ3n) is 4.21. The smallest absolute Gasteiger partial charge is 0.261 e. The number of nitrogens with one attached hydrogen (secondary N) is 3. The van der Waals surface area contributed by atoms with E-state index in [1.54, 1.807) is 0 Å². The monoisotopic (exact) mass is 359 g/mol. The molecule has 0 saturated carbocycles. The first-order chi connectivity index (χ1) is 12.2. The van der Waals surface area contributed by atoms with Crippen molar-refractivity contribution in [1.82, 2.24) is 16.0 Å². The second kappa shape index (κ2) is 11.0. The molecule has 2 rings (SSSR count). The zero-order valence-electron chi connectivity index (χ0n) is 15.1. The number of rotatable bonds is 11. The molecule has 1 aromatic carbocycles. The molecular formula is C20H29N3OS. The molecule has 5 heteroatoms. The summed E-state index contributed by atoms with van der Waals surface area (Å²) in [5.41, 5.74) is 1.29. The van der Waals surface area contributed by atoms with Gasteiger partial charge in [0.25, 0.3) is 5.91 Å². The quantitative estimate of drug-likeness (QED) is 0.577. The molecule has 25 heavy (non-hydrogen) atoms. The van der Waals surface area contributed by atoms with Crippen LogP contribution in [0.3, 0.4) is 0 Å². The van der Waals surface area contributed by atoms with Crippen molar-refractivity contribution in [2.24, 2.45) is 5.92 Å². The van der Waals surface area contributed by atoms with Crippen molar-refractivity contribution >= 4 is 17.2 Å². The van der Waals surface area contributed by atoms with E-state index in [4.69, 9.17) is 0 Å². The number of carbonyl (C=O) groups is 1. The predicted octanol–water partition coefficient (Wildman–Crippen LogP) is 3.27. The fourth-order valence-electron chi connectivity index (χ4n) is 2.66. The van der Waals surface area contributed by atoms with Crippen LogP contribution in [0.15, 0.2) is 47.8 Å². The highest BCUT2D eigenvalue weighted by atomic mass is 32.1. The van der Waals surface area contributed by atoms with Crippen molar-refractivity contribution in [1.29, 1.82) is 0 Å². The summed E-state index contributed by atoms with van der Waals surface area (Å²) >= 11 is 1.48. The fourth-order valence-corrected chi connectivity index (χ4v) is 3.30. The SMILES string of the molecule is CCCNC(CNCc1ccccc1)C(C)CNC(=O)c1cccs1. The summed E-state index contributed by atoms with van der Waals surface area (Å²) in [4.78, 5) is 12.9. The molecule has 2 atom stereocenters. The molecule has 0 radical (unpaired) electrons. The number of hydrogen-bond donors (Lipinski definition) is 3. The Hall–Kier alpha value is -1.69. The van der Waals surface area contributed by atoms with Gasteiger partial charge in [-0.05, 0) is 35.9 Å². The predicted molar refractivity (Wildman–Crippen MR) is 106 cm³/mol. The lowest BCUT2D eigenvalue weighted by Gasteiger charge is -2.26. The summed E-state index contributed by atoms with van der Waals surface area (Å²) in [6.07, 6.45) is 1.10. The molecule has 0 aliphatic rings. The van der Waals surface area contributed by atoms with Crippen LogP contribution in [0.2, 0.25) is 0 Å². The lowest BCUT2D eigenvalue weighted by Crippen LogP contribution is -2.47. The Bertz CT molecular complexity index is 601. The third kappa shape index (κ3) is 6.98. The molecule has 0 aliphatic carbocycles. The molecule has 0 aliphatic heterocycles. The summed E-state index contributed by atoms with van der Waals surface area (Å²) in [7, 11) is 0. The second-order valence-corrected chi connectivity index (χ2v) is 7.29. The topological polar surface area (TPSA) is 53.2 Å². The number of amides is 1. The summed E-state index contributed by atoms with van der Waals surface area (Å²) < 4.78 is 0. The van der Waals surface area contributed by atoms with Gasteiger partial charge in [0.05, 0.1) is 4.88 Å². The zero-order valence-corrected chi connectivity index (χ0v) is 15.9. The van der Waals surface area contributed by atoms with Crippen LogP contribution in [0.4, 0.5) is 0 Å². The molecule has 0 bridgehead atoms. The second-order valence-electron chi connectivity index (χ2n) is 6.34. The van der Waals surface area contributed by atoms with E-state index in [0.29, 0.717) is 18.5 Å². The summed E-state index contributed by atoms with van der Waals surface area (Å²) in [5.74, 6) is 0.368. The lowest BCUT2D eigenvalue weighted by atomic mass is 10.0. The van der Waals surface area contributed by atoms with E-state index >= 15 is 0 Å². The van der Waals surface area contributed by atoms with Gasteiger partial charge in [0.1, 0.15) is 0 Å². The van der Waals surface area contributed by atoms with Gasteiger partial charge in [0.15, 0.2) is 0 Å². The van der Waals surface area contributed by atoms with Crippen molar-refractivity contribution < 1.29 is 4.79 Å². The molecule has 0 saturated heterocycles. The molecule has 2 aromatic rings. The molecule has 3 N–H and O–H groups in total. The van der Waals surface area contributed by atoms with Crippen molar-refractivity contribution in [3.8, 4) is 0 Å². The Kier molecular flexibility index (Phi) is 8.66. The Morgan fingerprint density at radius 3 is 2.60 bits per heavy atom. The molecular weight excluding hydrogens is 330 g/mol. The Balaban J connectivity index is 1.79. The van der Waals surface area contributed by atoms with Crippen LogP contribution in [0, 0.1) is 5.92 Å². The molecule has 136 valence electrons. The fraction of sp³-hybridized carbons (Fsp3) is 0.450. The van der Waals surface area contributed by atoms with Crippen LogP contribution in [0.25, 0.3) is 0 Å². The highest BCUT2D eigenvalue weighted by Crippen LogP contribution is 2.09. The normalized spacial score (nSPS) is 13.4. The largest absolute Gasteiger partial charge is 0.351 e. The Morgan fingerprint density at radius 2 is 1.92 bits per heavy atom. The number of thiophene rings is 1. The van der Waals surface area contributed by atoms with Crippen molar-refractivity contribution in [2.45, 2.75) is 32.9 Å². The minimum Gasteiger partial charge on any atom is -0.351 e. The van der Waals surface area contributed by atoms with Gasteiger partial charge in [-0.1, -0.05) is 50.2 Å². The van der Waals surface area contributed by atoms with Crippen molar-refractivity contribution in [2.75, 3.05) is 19.6 Å². The number of hydrogen-bond acceptors (Lipinski definition) is 4. The summed E-state index contributed by atoms with van der Waals surface area (Å²) in [5, 5.41) is 12.1. The van der Waals surface area contributed by atoms with E-state index in [0.717, 1.165) is 30.9 Å². The maximum Gasteiger partial charge on any atom is 0.261 e. The average molecular weight is 360 g/mol. The zero-order chi connectivity index (χ0) is 17.9. The van der Waals surface area contributed by atoms with Crippen LogP contribution in [-0.2, 0) is 6.54 Å². The minimum atomic E-state index is 0.0216. The van der Waals surface area contributed by atoms with Gasteiger partial charge in [0.2, 0.25) is 0 Å². The molecule has 4 nitrogen and oxygen atoms in total. The van der Waals surface area contributed by atoms with Crippen LogP contribution >= 0.6 is 11.3 Å². The molecule has 0 fully saturated rings. The van der Waals surface area contributed by atoms with E-state index in [1.165, 1.54) is 16.9 Å². The van der Waals surface area contributed by atoms with E-state index < -0.39 is 0 Å². The van der Waals surface area contributed by atoms with Gasteiger partial charge >= 0.3 is 0 Å². The maximum absolute atomic E-state index is 12.1. The summed E-state index contributed by atoms with van der Waals surface area (Å²) in [6, 6.07) is 14.5. The van der Waals surface area contributed by atoms with E-state index in [2.05, 4.69) is 54.1 Å². The van der Waals surface area contributed by atoms with E-state index in [1.807, 2.05) is 23.6 Å². The molecule has 0 spiro atoms. The van der Waals surface area contributed by atoms with Crippen LogP contribution in [0.5, 0.6) is 0 Å². The summed E-state index contributed by atoms with van der Waals surface area (Å²) in [6.45, 7) is 7.76. The van der Waals surface area contributed by atoms with E-state index in [-0.39, 0.29) is 5.91 Å². The van der Waals surface area contributed by atoms with Gasteiger partial charge in [-0.3, -0.25) is 4.79 Å².